The van der Waals surface area contributed by atoms with Crippen molar-refractivity contribution in [3.05, 3.63) is 0 Å². The second kappa shape index (κ2) is 11.0. The van der Waals surface area contributed by atoms with E-state index in [1.54, 1.807) is 0 Å². The summed E-state index contributed by atoms with van der Waals surface area (Å²) in [6.45, 7) is 9.13. The highest BCUT2D eigenvalue weighted by Crippen LogP contribution is 2.04. The smallest absolute Gasteiger partial charge is 0.0594 e. The summed E-state index contributed by atoms with van der Waals surface area (Å²) in [7, 11) is 0. The van der Waals surface area contributed by atoms with Crippen LogP contribution in [0.25, 0.3) is 0 Å². The van der Waals surface area contributed by atoms with Gasteiger partial charge in [-0.2, -0.15) is 0 Å². The molecule has 14 heavy (non-hydrogen) atoms. The molecule has 0 aromatic carbocycles. The van der Waals surface area contributed by atoms with Gasteiger partial charge < -0.3 is 9.47 Å². The summed E-state index contributed by atoms with van der Waals surface area (Å²) in [6.07, 6.45) is 6.03. The third-order valence-electron chi connectivity index (χ3n) is 2.24. The fourth-order valence-corrected chi connectivity index (χ4v) is 1.25. The maximum absolute atomic E-state index is 5.67. The third kappa shape index (κ3) is 8.52. The van der Waals surface area contributed by atoms with E-state index in [9.17, 15) is 0 Å². The van der Waals surface area contributed by atoms with E-state index in [0.717, 1.165) is 39.1 Å². The van der Waals surface area contributed by atoms with Crippen LogP contribution in [0.3, 0.4) is 0 Å². The van der Waals surface area contributed by atoms with Crippen molar-refractivity contribution in [1.82, 2.24) is 0 Å². The molecule has 0 spiro atoms. The van der Waals surface area contributed by atoms with Crippen molar-refractivity contribution in [1.29, 1.82) is 0 Å². The molecular formula is C12H26O2. The van der Waals surface area contributed by atoms with Crippen molar-refractivity contribution in [3.63, 3.8) is 0 Å². The summed E-state index contributed by atoms with van der Waals surface area (Å²) in [4.78, 5) is 0. The van der Waals surface area contributed by atoms with Gasteiger partial charge in [0.15, 0.2) is 0 Å². The first kappa shape index (κ1) is 13.9. The van der Waals surface area contributed by atoms with Crippen LogP contribution in [0.1, 0.15) is 52.9 Å². The van der Waals surface area contributed by atoms with Gasteiger partial charge in [-0.25, -0.2) is 0 Å². The second-order valence-corrected chi connectivity index (χ2v) is 3.66. The fourth-order valence-electron chi connectivity index (χ4n) is 1.25. The molecule has 0 heterocycles. The predicted octanol–water partition coefficient (Wildman–Crippen LogP) is 3.40. The van der Waals surface area contributed by atoms with Gasteiger partial charge in [0, 0.05) is 19.8 Å². The summed E-state index contributed by atoms with van der Waals surface area (Å²) in [6, 6.07) is 0. The highest BCUT2D eigenvalue weighted by molar-refractivity contribution is 4.54. The van der Waals surface area contributed by atoms with Crippen LogP contribution in [0.5, 0.6) is 0 Å². The minimum Gasteiger partial charge on any atom is -0.381 e. The van der Waals surface area contributed by atoms with Gasteiger partial charge in [0.05, 0.1) is 6.10 Å². The topological polar surface area (TPSA) is 18.5 Å². The third-order valence-corrected chi connectivity index (χ3v) is 2.24. The van der Waals surface area contributed by atoms with Crippen molar-refractivity contribution >= 4 is 0 Å². The Morgan fingerprint density at radius 1 is 0.929 bits per heavy atom. The quantitative estimate of drug-likeness (QED) is 0.505. The Morgan fingerprint density at radius 2 is 1.71 bits per heavy atom. The lowest BCUT2D eigenvalue weighted by Gasteiger charge is -2.15. The molecule has 0 radical (unpaired) electrons. The number of rotatable bonds is 10. The number of hydrogen-bond acceptors (Lipinski definition) is 2. The van der Waals surface area contributed by atoms with Crippen molar-refractivity contribution in [2.75, 3.05) is 19.8 Å². The van der Waals surface area contributed by atoms with E-state index in [2.05, 4.69) is 20.8 Å². The zero-order valence-electron chi connectivity index (χ0n) is 10.1. The zero-order valence-corrected chi connectivity index (χ0v) is 10.1. The molecule has 0 saturated heterocycles. The molecular weight excluding hydrogens is 176 g/mol. The molecule has 0 saturated carbocycles. The molecule has 0 rings (SSSR count). The van der Waals surface area contributed by atoms with E-state index >= 15 is 0 Å². The van der Waals surface area contributed by atoms with E-state index in [4.69, 9.17) is 9.47 Å². The van der Waals surface area contributed by atoms with Gasteiger partial charge in [-0.05, 0) is 25.7 Å². The van der Waals surface area contributed by atoms with Gasteiger partial charge in [-0.3, -0.25) is 0 Å². The van der Waals surface area contributed by atoms with E-state index < -0.39 is 0 Å². The van der Waals surface area contributed by atoms with Gasteiger partial charge in [0.2, 0.25) is 0 Å². The summed E-state index contributed by atoms with van der Waals surface area (Å²) in [5, 5.41) is 0. The summed E-state index contributed by atoms with van der Waals surface area (Å²) in [5.74, 6) is 0. The minimum atomic E-state index is 0.400. The number of hydrogen-bond donors (Lipinski definition) is 0. The Balaban J connectivity index is 3.24. The van der Waals surface area contributed by atoms with Crippen molar-refractivity contribution in [2.45, 2.75) is 59.0 Å². The van der Waals surface area contributed by atoms with Crippen LogP contribution in [0, 0.1) is 0 Å². The molecule has 0 amide bonds. The lowest BCUT2D eigenvalue weighted by atomic mass is 10.2. The first-order valence-electron chi connectivity index (χ1n) is 6.04. The van der Waals surface area contributed by atoms with Gasteiger partial charge in [0.25, 0.3) is 0 Å². The standard InChI is InChI=1S/C12H26O2/c1-4-7-10-13-11-8-12(6-3)14-9-5-2/h12H,4-11H2,1-3H3. The maximum Gasteiger partial charge on any atom is 0.0594 e. The molecule has 0 aliphatic carbocycles. The summed E-state index contributed by atoms with van der Waals surface area (Å²) < 4.78 is 11.2. The lowest BCUT2D eigenvalue weighted by molar-refractivity contribution is 0.0192. The Hall–Kier alpha value is -0.0800. The molecule has 0 fully saturated rings. The van der Waals surface area contributed by atoms with Crippen molar-refractivity contribution in [3.8, 4) is 0 Å². The molecule has 1 atom stereocenters. The normalized spacial score (nSPS) is 13.1. The van der Waals surface area contributed by atoms with Crippen LogP contribution in [0.2, 0.25) is 0 Å². The minimum absolute atomic E-state index is 0.400. The Labute approximate surface area is 89.0 Å². The zero-order chi connectivity index (χ0) is 10.6. The van der Waals surface area contributed by atoms with Crippen LogP contribution in [-0.4, -0.2) is 25.9 Å². The molecule has 0 N–H and O–H groups in total. The van der Waals surface area contributed by atoms with Crippen molar-refractivity contribution < 1.29 is 9.47 Å². The molecule has 2 heteroatoms. The second-order valence-electron chi connectivity index (χ2n) is 3.66. The first-order valence-corrected chi connectivity index (χ1v) is 6.04. The van der Waals surface area contributed by atoms with Gasteiger partial charge in [-0.15, -0.1) is 0 Å². The van der Waals surface area contributed by atoms with Crippen molar-refractivity contribution in [2.24, 2.45) is 0 Å². The number of unbranched alkanes of at least 4 members (excludes halogenated alkanes) is 1. The van der Waals surface area contributed by atoms with Gasteiger partial charge in [-0.1, -0.05) is 27.2 Å². The highest BCUT2D eigenvalue weighted by atomic mass is 16.5. The van der Waals surface area contributed by atoms with E-state index in [-0.39, 0.29) is 0 Å². The predicted molar refractivity (Wildman–Crippen MR) is 60.7 cm³/mol. The average Bonchev–Trinajstić information content (AvgIpc) is 2.22. The Kier molecular flexibility index (Phi) is 10.9. The average molecular weight is 202 g/mol. The van der Waals surface area contributed by atoms with Crippen LogP contribution in [0.4, 0.5) is 0 Å². The largest absolute Gasteiger partial charge is 0.381 e. The van der Waals surface area contributed by atoms with Gasteiger partial charge >= 0.3 is 0 Å². The SMILES string of the molecule is CCCCOCCC(CC)OCCC. The van der Waals surface area contributed by atoms with Gasteiger partial charge in [0.1, 0.15) is 0 Å². The fraction of sp³-hybridized carbons (Fsp3) is 1.00. The highest BCUT2D eigenvalue weighted by Gasteiger charge is 2.05. The molecule has 0 aliphatic rings. The summed E-state index contributed by atoms with van der Waals surface area (Å²) in [5.41, 5.74) is 0. The van der Waals surface area contributed by atoms with Crippen LogP contribution in [-0.2, 0) is 9.47 Å². The monoisotopic (exact) mass is 202 g/mol. The first-order chi connectivity index (χ1) is 6.85. The molecule has 0 aromatic rings. The Bertz CT molecular complexity index is 104. The molecule has 2 nitrogen and oxygen atoms in total. The van der Waals surface area contributed by atoms with Crippen LogP contribution >= 0.6 is 0 Å². The van der Waals surface area contributed by atoms with Crippen LogP contribution < -0.4 is 0 Å². The lowest BCUT2D eigenvalue weighted by Crippen LogP contribution is -2.15. The van der Waals surface area contributed by atoms with E-state index in [0.29, 0.717) is 6.10 Å². The Morgan fingerprint density at radius 3 is 2.29 bits per heavy atom. The van der Waals surface area contributed by atoms with E-state index in [1.165, 1.54) is 12.8 Å². The summed E-state index contributed by atoms with van der Waals surface area (Å²) >= 11 is 0. The van der Waals surface area contributed by atoms with Crippen LogP contribution in [0.15, 0.2) is 0 Å². The molecule has 1 unspecified atom stereocenters. The molecule has 0 aromatic heterocycles. The molecule has 0 aliphatic heterocycles. The molecule has 0 bridgehead atoms. The van der Waals surface area contributed by atoms with E-state index in [1.807, 2.05) is 0 Å². The maximum atomic E-state index is 5.67. The number of ether oxygens (including phenoxy) is 2. The molecule has 86 valence electrons.